The van der Waals surface area contributed by atoms with Gasteiger partial charge >= 0.3 is 0 Å². The van der Waals surface area contributed by atoms with Crippen LogP contribution in [0.5, 0.6) is 5.75 Å². The van der Waals surface area contributed by atoms with Gasteiger partial charge in [-0.1, -0.05) is 12.1 Å². The zero-order chi connectivity index (χ0) is 11.4. The van der Waals surface area contributed by atoms with Gasteiger partial charge in [-0.15, -0.1) is 0 Å². The van der Waals surface area contributed by atoms with E-state index in [0.29, 0.717) is 18.1 Å². The highest BCUT2D eigenvalue weighted by molar-refractivity contribution is 5.52. The maximum Gasteiger partial charge on any atom is 0.198 e. The highest BCUT2D eigenvalue weighted by Crippen LogP contribution is 2.15. The topological polar surface area (TPSA) is 63.3 Å². The molecule has 0 aliphatic carbocycles. The van der Waals surface area contributed by atoms with Gasteiger partial charge in [0.1, 0.15) is 17.8 Å². The molecule has 0 amide bonds. The van der Waals surface area contributed by atoms with Gasteiger partial charge in [-0.2, -0.15) is 0 Å². The third kappa shape index (κ3) is 2.48. The molecule has 1 N–H and O–H groups in total. The lowest BCUT2D eigenvalue weighted by molar-refractivity contribution is -0.107. The third-order valence-electron chi connectivity index (χ3n) is 2.15. The number of phenolic OH excluding ortho intramolecular Hbond substituents is 1. The summed E-state index contributed by atoms with van der Waals surface area (Å²) in [7, 11) is 0. The van der Waals surface area contributed by atoms with Crippen LogP contribution < -0.4 is 0 Å². The van der Waals surface area contributed by atoms with E-state index < -0.39 is 0 Å². The Balaban J connectivity index is 2.11. The van der Waals surface area contributed by atoms with Crippen molar-refractivity contribution in [3.05, 3.63) is 47.7 Å². The van der Waals surface area contributed by atoms with Crippen molar-refractivity contribution in [1.29, 1.82) is 0 Å². The smallest absolute Gasteiger partial charge is 0.198 e. The van der Waals surface area contributed by atoms with Gasteiger partial charge < -0.3 is 14.3 Å². The van der Waals surface area contributed by atoms with Crippen molar-refractivity contribution in [2.75, 3.05) is 0 Å². The van der Waals surface area contributed by atoms with E-state index in [9.17, 15) is 9.90 Å². The van der Waals surface area contributed by atoms with E-state index in [0.717, 1.165) is 11.8 Å². The molecule has 16 heavy (non-hydrogen) atoms. The average molecular weight is 217 g/mol. The van der Waals surface area contributed by atoms with Gasteiger partial charge in [0.2, 0.25) is 0 Å². The molecule has 1 heterocycles. The lowest BCUT2D eigenvalue weighted by atomic mass is 10.1. The van der Waals surface area contributed by atoms with Crippen molar-refractivity contribution in [2.45, 2.75) is 12.8 Å². The third-order valence-corrected chi connectivity index (χ3v) is 2.15. The molecule has 1 aromatic carbocycles. The Labute approximate surface area is 92.6 Å². The summed E-state index contributed by atoms with van der Waals surface area (Å²) in [6.45, 7) is 0. The lowest BCUT2D eigenvalue weighted by Gasteiger charge is -1.97. The number of aldehydes is 1. The molecule has 82 valence electrons. The fourth-order valence-corrected chi connectivity index (χ4v) is 1.45. The molecule has 4 nitrogen and oxygen atoms in total. The first-order valence-electron chi connectivity index (χ1n) is 4.93. The van der Waals surface area contributed by atoms with Gasteiger partial charge in [0.15, 0.2) is 5.89 Å². The maximum atomic E-state index is 10.3. The van der Waals surface area contributed by atoms with Crippen molar-refractivity contribution in [1.82, 2.24) is 4.98 Å². The molecule has 1 aromatic heterocycles. The van der Waals surface area contributed by atoms with E-state index in [1.165, 1.54) is 0 Å². The van der Waals surface area contributed by atoms with Gasteiger partial charge in [-0.05, 0) is 17.7 Å². The number of aromatic hydroxyl groups is 1. The molecular weight excluding hydrogens is 206 g/mol. The summed E-state index contributed by atoms with van der Waals surface area (Å²) >= 11 is 0. The number of carbonyl (C=O) groups is 1. The number of benzene rings is 1. The predicted molar refractivity (Wildman–Crippen MR) is 57.2 cm³/mol. The number of aromatic nitrogens is 1. The number of oxazole rings is 1. The number of rotatable bonds is 4. The summed E-state index contributed by atoms with van der Waals surface area (Å²) < 4.78 is 5.34. The van der Waals surface area contributed by atoms with Crippen molar-refractivity contribution < 1.29 is 14.3 Å². The first-order chi connectivity index (χ1) is 7.78. The Morgan fingerprint density at radius 2 is 2.31 bits per heavy atom. The predicted octanol–water partition coefficient (Wildman–Crippen LogP) is 1.71. The van der Waals surface area contributed by atoms with Crippen LogP contribution >= 0.6 is 0 Å². The quantitative estimate of drug-likeness (QED) is 0.792. The van der Waals surface area contributed by atoms with Crippen LogP contribution in [0.4, 0.5) is 0 Å². The summed E-state index contributed by atoms with van der Waals surface area (Å²) in [5.74, 6) is 1.32. The zero-order valence-electron chi connectivity index (χ0n) is 8.59. The fourth-order valence-electron chi connectivity index (χ4n) is 1.45. The molecule has 2 rings (SSSR count). The van der Waals surface area contributed by atoms with Gasteiger partial charge in [-0.25, -0.2) is 4.98 Å². The second-order valence-electron chi connectivity index (χ2n) is 3.44. The standard InChI is InChI=1S/C12H11NO3/c14-5-4-11-8-13-12(16-11)7-9-2-1-3-10(15)6-9/h1-3,5-6,8,15H,4,7H2. The summed E-state index contributed by atoms with van der Waals surface area (Å²) in [6.07, 6.45) is 3.07. The largest absolute Gasteiger partial charge is 0.508 e. The zero-order valence-corrected chi connectivity index (χ0v) is 8.59. The van der Waals surface area contributed by atoms with Crippen LogP contribution in [0, 0.1) is 0 Å². The number of carbonyl (C=O) groups excluding carboxylic acids is 1. The van der Waals surface area contributed by atoms with Crippen molar-refractivity contribution in [2.24, 2.45) is 0 Å². The van der Waals surface area contributed by atoms with Crippen molar-refractivity contribution in [3.8, 4) is 5.75 Å². The minimum atomic E-state index is 0.220. The maximum absolute atomic E-state index is 10.3. The van der Waals surface area contributed by atoms with E-state index in [1.807, 2.05) is 6.07 Å². The molecule has 0 saturated carbocycles. The normalized spacial score (nSPS) is 10.2. The van der Waals surface area contributed by atoms with Crippen LogP contribution in [-0.2, 0) is 17.6 Å². The lowest BCUT2D eigenvalue weighted by Crippen LogP contribution is -1.87. The van der Waals surface area contributed by atoms with Crippen molar-refractivity contribution in [3.63, 3.8) is 0 Å². The van der Waals surface area contributed by atoms with Crippen LogP contribution in [0.15, 0.2) is 34.9 Å². The molecule has 0 saturated heterocycles. The summed E-state index contributed by atoms with van der Waals surface area (Å²) in [5, 5.41) is 9.28. The molecule has 0 spiro atoms. The SMILES string of the molecule is O=CCc1cnc(Cc2cccc(O)c2)o1. The molecular formula is C12H11NO3. The summed E-state index contributed by atoms with van der Waals surface area (Å²) in [4.78, 5) is 14.3. The summed E-state index contributed by atoms with van der Waals surface area (Å²) in [6, 6.07) is 6.91. The average Bonchev–Trinajstić information content (AvgIpc) is 2.66. The summed E-state index contributed by atoms with van der Waals surface area (Å²) in [5.41, 5.74) is 0.916. The second-order valence-corrected chi connectivity index (χ2v) is 3.44. The van der Waals surface area contributed by atoms with Gasteiger partial charge in [0.05, 0.1) is 12.6 Å². The number of phenols is 1. The molecule has 0 fully saturated rings. The molecule has 0 atom stereocenters. The van der Waals surface area contributed by atoms with E-state index in [4.69, 9.17) is 4.42 Å². The van der Waals surface area contributed by atoms with Crippen LogP contribution in [0.3, 0.4) is 0 Å². The Morgan fingerprint density at radius 1 is 1.44 bits per heavy atom. The van der Waals surface area contributed by atoms with E-state index >= 15 is 0 Å². The van der Waals surface area contributed by atoms with Gasteiger partial charge in [0, 0.05) is 6.42 Å². The Morgan fingerprint density at radius 3 is 3.06 bits per heavy atom. The Kier molecular flexibility index (Phi) is 3.00. The molecule has 0 aliphatic rings. The highest BCUT2D eigenvalue weighted by Gasteiger charge is 2.05. The highest BCUT2D eigenvalue weighted by atomic mass is 16.4. The van der Waals surface area contributed by atoms with Crippen LogP contribution in [0.1, 0.15) is 17.2 Å². The molecule has 0 radical (unpaired) electrons. The number of nitrogens with zero attached hydrogens (tertiary/aromatic N) is 1. The monoisotopic (exact) mass is 217 g/mol. The first kappa shape index (κ1) is 10.4. The minimum absolute atomic E-state index is 0.220. The van der Waals surface area contributed by atoms with E-state index in [2.05, 4.69) is 4.98 Å². The molecule has 0 unspecified atom stereocenters. The molecule has 0 bridgehead atoms. The van der Waals surface area contributed by atoms with E-state index in [-0.39, 0.29) is 12.2 Å². The second kappa shape index (κ2) is 4.61. The first-order valence-corrected chi connectivity index (χ1v) is 4.93. The number of hydrogen-bond acceptors (Lipinski definition) is 4. The van der Waals surface area contributed by atoms with Gasteiger partial charge in [0.25, 0.3) is 0 Å². The Hall–Kier alpha value is -2.10. The van der Waals surface area contributed by atoms with Gasteiger partial charge in [-0.3, -0.25) is 0 Å². The van der Waals surface area contributed by atoms with Crippen LogP contribution in [-0.4, -0.2) is 16.4 Å². The molecule has 2 aromatic rings. The molecule has 0 aliphatic heterocycles. The fraction of sp³-hybridized carbons (Fsp3) is 0.167. The Bertz CT molecular complexity index is 491. The van der Waals surface area contributed by atoms with Crippen LogP contribution in [0.25, 0.3) is 0 Å². The molecule has 4 heteroatoms. The van der Waals surface area contributed by atoms with Crippen LogP contribution in [0.2, 0.25) is 0 Å². The number of hydrogen-bond donors (Lipinski definition) is 1. The van der Waals surface area contributed by atoms with E-state index in [1.54, 1.807) is 24.4 Å². The van der Waals surface area contributed by atoms with Crippen molar-refractivity contribution >= 4 is 6.29 Å². The minimum Gasteiger partial charge on any atom is -0.508 e.